The number of esters is 1. The van der Waals surface area contributed by atoms with E-state index < -0.39 is 29.3 Å². The van der Waals surface area contributed by atoms with E-state index in [1.54, 1.807) is 5.38 Å². The molecule has 3 rings (SSSR count). The number of non-ortho nitro benzene ring substituents is 1. The zero-order valence-electron chi connectivity index (χ0n) is 14.0. The summed E-state index contributed by atoms with van der Waals surface area (Å²) in [6.45, 7) is -0.684. The highest BCUT2D eigenvalue weighted by Crippen LogP contribution is 2.35. The molecule has 1 aromatic heterocycles. The fourth-order valence-electron chi connectivity index (χ4n) is 2.47. The Morgan fingerprint density at radius 1 is 1.41 bits per heavy atom. The van der Waals surface area contributed by atoms with Crippen LogP contribution < -0.4 is 15.0 Å². The molecule has 2 amide bonds. The lowest BCUT2D eigenvalue weighted by molar-refractivity contribution is -0.384. The third kappa shape index (κ3) is 3.72. The molecule has 0 fully saturated rings. The molecule has 140 valence electrons. The second-order valence-electron chi connectivity index (χ2n) is 5.38. The highest BCUT2D eigenvalue weighted by Gasteiger charge is 2.29. The van der Waals surface area contributed by atoms with Gasteiger partial charge in [0.2, 0.25) is 5.91 Å². The van der Waals surface area contributed by atoms with E-state index in [0.29, 0.717) is 0 Å². The molecule has 1 aliphatic rings. The van der Waals surface area contributed by atoms with Gasteiger partial charge in [-0.3, -0.25) is 24.6 Å². The van der Waals surface area contributed by atoms with Gasteiger partial charge in [-0.1, -0.05) is 0 Å². The van der Waals surface area contributed by atoms with Crippen LogP contribution in [-0.2, 0) is 14.3 Å². The molecule has 0 bridgehead atoms. The van der Waals surface area contributed by atoms with Gasteiger partial charge in [0, 0.05) is 12.1 Å². The van der Waals surface area contributed by atoms with Crippen molar-refractivity contribution in [3.8, 4) is 5.75 Å². The van der Waals surface area contributed by atoms with Crippen LogP contribution in [0.3, 0.4) is 0 Å². The Morgan fingerprint density at radius 2 is 2.19 bits per heavy atom. The van der Waals surface area contributed by atoms with E-state index in [1.165, 1.54) is 31.4 Å². The molecule has 0 spiro atoms. The molecular formula is C16H13N3O7S. The largest absolute Gasteiger partial charge is 0.482 e. The third-order valence-electron chi connectivity index (χ3n) is 3.71. The molecule has 27 heavy (non-hydrogen) atoms. The summed E-state index contributed by atoms with van der Waals surface area (Å²) in [4.78, 5) is 47.9. The summed E-state index contributed by atoms with van der Waals surface area (Å²) in [6, 6.07) is 5.33. The Balaban J connectivity index is 1.81. The summed E-state index contributed by atoms with van der Waals surface area (Å²) in [5.41, 5.74) is 0.161. The molecule has 1 aliphatic heterocycles. The minimum atomic E-state index is -0.606. The molecular weight excluding hydrogens is 378 g/mol. The quantitative estimate of drug-likeness (QED) is 0.467. The second-order valence-corrected chi connectivity index (χ2v) is 6.30. The molecule has 0 aliphatic carbocycles. The van der Waals surface area contributed by atoms with Gasteiger partial charge in [-0.15, -0.1) is 11.3 Å². The van der Waals surface area contributed by atoms with Crippen molar-refractivity contribution in [3.63, 3.8) is 0 Å². The van der Waals surface area contributed by atoms with Gasteiger partial charge < -0.3 is 14.8 Å². The van der Waals surface area contributed by atoms with Crippen molar-refractivity contribution in [2.24, 2.45) is 0 Å². The number of carbonyl (C=O) groups is 3. The van der Waals surface area contributed by atoms with Crippen LogP contribution in [0.1, 0.15) is 9.67 Å². The summed E-state index contributed by atoms with van der Waals surface area (Å²) in [5, 5.41) is 15.1. The zero-order valence-corrected chi connectivity index (χ0v) is 14.8. The Bertz CT molecular complexity index is 940. The molecule has 2 heterocycles. The first-order valence-electron chi connectivity index (χ1n) is 7.58. The Labute approximate surface area is 156 Å². The lowest BCUT2D eigenvalue weighted by atomic mass is 10.2. The van der Waals surface area contributed by atoms with Crippen molar-refractivity contribution in [1.82, 2.24) is 0 Å². The number of anilines is 2. The number of benzene rings is 1. The maximum absolute atomic E-state index is 12.4. The number of thiophene rings is 1. The van der Waals surface area contributed by atoms with Gasteiger partial charge in [0.05, 0.1) is 23.4 Å². The summed E-state index contributed by atoms with van der Waals surface area (Å²) in [6.07, 6.45) is 0. The minimum absolute atomic E-state index is 0.133. The van der Waals surface area contributed by atoms with Crippen LogP contribution >= 0.6 is 11.3 Å². The SMILES string of the molecule is COC(=O)c1sccc1NC(=O)CN1C(=O)COc2ccc([N+](=O)[O-])cc21. The number of nitro benzene ring substituents is 1. The number of hydrogen-bond donors (Lipinski definition) is 1. The average Bonchev–Trinajstić information content (AvgIpc) is 3.11. The van der Waals surface area contributed by atoms with Gasteiger partial charge in [0.15, 0.2) is 6.61 Å². The lowest BCUT2D eigenvalue weighted by Gasteiger charge is -2.28. The number of rotatable bonds is 5. The highest BCUT2D eigenvalue weighted by atomic mass is 32.1. The number of nitrogens with one attached hydrogen (secondary N) is 1. The van der Waals surface area contributed by atoms with Crippen molar-refractivity contribution >= 4 is 46.2 Å². The Hall–Kier alpha value is -3.47. The van der Waals surface area contributed by atoms with Crippen molar-refractivity contribution < 1.29 is 28.8 Å². The molecule has 0 saturated carbocycles. The third-order valence-corrected chi connectivity index (χ3v) is 4.60. The lowest BCUT2D eigenvalue weighted by Crippen LogP contribution is -2.43. The predicted molar refractivity (Wildman–Crippen MR) is 95.2 cm³/mol. The summed E-state index contributed by atoms with van der Waals surface area (Å²) < 4.78 is 9.89. The maximum atomic E-state index is 12.4. The van der Waals surface area contributed by atoms with Gasteiger partial charge in [-0.05, 0) is 17.5 Å². The molecule has 10 nitrogen and oxygen atoms in total. The Morgan fingerprint density at radius 3 is 2.89 bits per heavy atom. The van der Waals surface area contributed by atoms with E-state index in [0.717, 1.165) is 16.2 Å². The molecule has 1 N–H and O–H groups in total. The van der Waals surface area contributed by atoms with E-state index in [2.05, 4.69) is 10.1 Å². The fourth-order valence-corrected chi connectivity index (χ4v) is 3.24. The monoisotopic (exact) mass is 391 g/mol. The number of nitro groups is 1. The number of nitrogens with zero attached hydrogens (tertiary/aromatic N) is 2. The standard InChI is InChI=1S/C16H13N3O7S/c1-25-16(22)15-10(4-5-27-15)17-13(20)7-18-11-6-9(19(23)24)2-3-12(11)26-8-14(18)21/h2-6H,7-8H2,1H3,(H,17,20). The van der Waals surface area contributed by atoms with Gasteiger partial charge in [-0.25, -0.2) is 4.79 Å². The van der Waals surface area contributed by atoms with Gasteiger partial charge in [-0.2, -0.15) is 0 Å². The fraction of sp³-hybridized carbons (Fsp3) is 0.188. The molecule has 0 saturated heterocycles. The second kappa shape index (κ2) is 7.41. The first-order valence-corrected chi connectivity index (χ1v) is 8.46. The molecule has 0 unspecified atom stereocenters. The van der Waals surface area contributed by atoms with E-state index >= 15 is 0 Å². The number of carbonyl (C=O) groups excluding carboxylic acids is 3. The van der Waals surface area contributed by atoms with E-state index in [-0.39, 0.29) is 34.3 Å². The van der Waals surface area contributed by atoms with Crippen molar-refractivity contribution in [3.05, 3.63) is 44.6 Å². The summed E-state index contributed by atoms with van der Waals surface area (Å²) in [5.74, 6) is -1.43. The van der Waals surface area contributed by atoms with Crippen molar-refractivity contribution in [1.29, 1.82) is 0 Å². The van der Waals surface area contributed by atoms with Crippen LogP contribution in [-0.4, -0.2) is 43.0 Å². The molecule has 2 aromatic rings. The summed E-state index contributed by atoms with van der Waals surface area (Å²) in [7, 11) is 1.23. The van der Waals surface area contributed by atoms with Gasteiger partial charge >= 0.3 is 5.97 Å². The van der Waals surface area contributed by atoms with E-state index in [9.17, 15) is 24.5 Å². The smallest absolute Gasteiger partial charge is 0.350 e. The predicted octanol–water partition coefficient (Wildman–Crippen LogP) is 1.81. The van der Waals surface area contributed by atoms with Crippen LogP contribution in [0.2, 0.25) is 0 Å². The molecule has 0 radical (unpaired) electrons. The number of ether oxygens (including phenoxy) is 2. The minimum Gasteiger partial charge on any atom is -0.482 e. The number of hydrogen-bond acceptors (Lipinski definition) is 8. The van der Waals surface area contributed by atoms with Gasteiger partial charge in [0.1, 0.15) is 17.2 Å². The number of fused-ring (bicyclic) bond motifs is 1. The molecule has 1 aromatic carbocycles. The maximum Gasteiger partial charge on any atom is 0.350 e. The van der Waals surface area contributed by atoms with Crippen LogP contribution in [0, 0.1) is 10.1 Å². The topological polar surface area (TPSA) is 128 Å². The van der Waals surface area contributed by atoms with E-state index in [4.69, 9.17) is 4.74 Å². The number of amides is 2. The molecule has 11 heteroatoms. The number of methoxy groups -OCH3 is 1. The van der Waals surface area contributed by atoms with Gasteiger partial charge in [0.25, 0.3) is 11.6 Å². The van der Waals surface area contributed by atoms with Crippen molar-refractivity contribution in [2.75, 3.05) is 30.5 Å². The van der Waals surface area contributed by atoms with Crippen molar-refractivity contribution in [2.45, 2.75) is 0 Å². The normalized spacial score (nSPS) is 12.8. The van der Waals surface area contributed by atoms with E-state index in [1.807, 2.05) is 0 Å². The van der Waals surface area contributed by atoms with Crippen LogP contribution in [0.25, 0.3) is 0 Å². The van der Waals surface area contributed by atoms with Crippen LogP contribution in [0.4, 0.5) is 17.1 Å². The zero-order chi connectivity index (χ0) is 19.6. The average molecular weight is 391 g/mol. The highest BCUT2D eigenvalue weighted by molar-refractivity contribution is 7.12. The molecule has 0 atom stereocenters. The van der Waals surface area contributed by atoms with Crippen LogP contribution in [0.15, 0.2) is 29.6 Å². The van der Waals surface area contributed by atoms with Crippen LogP contribution in [0.5, 0.6) is 5.75 Å². The first-order chi connectivity index (χ1) is 12.9. The first kappa shape index (κ1) is 18.3. The Kier molecular flexibility index (Phi) is 5.03. The summed E-state index contributed by atoms with van der Waals surface area (Å²) >= 11 is 1.10.